The van der Waals surface area contributed by atoms with E-state index in [0.717, 1.165) is 36.6 Å². The van der Waals surface area contributed by atoms with E-state index in [1.807, 2.05) is 0 Å². The molecule has 0 bridgehead atoms. The summed E-state index contributed by atoms with van der Waals surface area (Å²) in [6, 6.07) is 2.53. The minimum absolute atomic E-state index is 0.392. The van der Waals surface area contributed by atoms with Crippen LogP contribution in [0.1, 0.15) is 63.3 Å². The highest BCUT2D eigenvalue weighted by Crippen LogP contribution is 2.26. The Morgan fingerprint density at radius 1 is 1.33 bits per heavy atom. The summed E-state index contributed by atoms with van der Waals surface area (Å²) >= 11 is 5.19. The number of hydrogen-bond acceptors (Lipinski definition) is 3. The van der Waals surface area contributed by atoms with Gasteiger partial charge in [-0.25, -0.2) is 4.98 Å². The number of nitrogens with one attached hydrogen (secondary N) is 1. The molecule has 3 nitrogen and oxygen atoms in total. The van der Waals surface area contributed by atoms with Gasteiger partial charge in [-0.15, -0.1) is 0 Å². The van der Waals surface area contributed by atoms with Crippen molar-refractivity contribution < 1.29 is 0 Å². The van der Waals surface area contributed by atoms with E-state index in [0.29, 0.717) is 11.0 Å². The molecule has 3 N–H and O–H groups in total. The van der Waals surface area contributed by atoms with Gasteiger partial charge in [0.15, 0.2) is 0 Å². The zero-order chi connectivity index (χ0) is 15.4. The van der Waals surface area contributed by atoms with Crippen molar-refractivity contribution in [2.24, 2.45) is 11.7 Å². The average molecular weight is 305 g/mol. The van der Waals surface area contributed by atoms with Crippen LogP contribution in [0, 0.1) is 5.92 Å². The largest absolute Gasteiger partial charge is 0.389 e. The van der Waals surface area contributed by atoms with Gasteiger partial charge in [0, 0.05) is 11.7 Å². The fourth-order valence-electron chi connectivity index (χ4n) is 2.91. The lowest BCUT2D eigenvalue weighted by Crippen LogP contribution is -2.21. The molecule has 1 aromatic heterocycles. The van der Waals surface area contributed by atoms with E-state index in [4.69, 9.17) is 22.9 Å². The summed E-state index contributed by atoms with van der Waals surface area (Å²) in [4.78, 5) is 5.22. The lowest BCUT2D eigenvalue weighted by Gasteiger charge is -2.18. The number of nitrogens with zero attached hydrogens (tertiary/aromatic N) is 1. The van der Waals surface area contributed by atoms with Gasteiger partial charge in [0.1, 0.15) is 10.8 Å². The molecule has 1 aromatic rings. The van der Waals surface area contributed by atoms with E-state index in [1.54, 1.807) is 0 Å². The van der Waals surface area contributed by atoms with Gasteiger partial charge in [-0.05, 0) is 50.2 Å². The molecule has 1 atom stereocenters. The van der Waals surface area contributed by atoms with Crippen molar-refractivity contribution in [1.82, 2.24) is 4.98 Å². The van der Waals surface area contributed by atoms with Crippen molar-refractivity contribution in [3.63, 3.8) is 0 Å². The number of rotatable bonds is 7. The third kappa shape index (κ3) is 4.40. The summed E-state index contributed by atoms with van der Waals surface area (Å²) in [5.74, 6) is 1.64. The van der Waals surface area contributed by atoms with Crippen LogP contribution in [0.2, 0.25) is 0 Å². The molecule has 0 fully saturated rings. The molecule has 0 radical (unpaired) electrons. The van der Waals surface area contributed by atoms with Crippen LogP contribution in [0.25, 0.3) is 0 Å². The van der Waals surface area contributed by atoms with Crippen LogP contribution in [0.5, 0.6) is 0 Å². The zero-order valence-corrected chi connectivity index (χ0v) is 14.2. The Kier molecular flexibility index (Phi) is 5.57. The van der Waals surface area contributed by atoms with Gasteiger partial charge in [0.05, 0.1) is 5.56 Å². The SMILES string of the molecule is CC(C)CCCC(C)Nc1nc2c(cc1C(N)=S)CCC2. The summed E-state index contributed by atoms with van der Waals surface area (Å²) in [5, 5.41) is 3.52. The maximum Gasteiger partial charge on any atom is 0.136 e. The molecule has 0 spiro atoms. The van der Waals surface area contributed by atoms with Crippen LogP contribution in [-0.2, 0) is 12.8 Å². The number of hydrogen-bond donors (Lipinski definition) is 2. The van der Waals surface area contributed by atoms with Gasteiger partial charge < -0.3 is 11.1 Å². The molecule has 116 valence electrons. The smallest absolute Gasteiger partial charge is 0.136 e. The van der Waals surface area contributed by atoms with Crippen LogP contribution < -0.4 is 11.1 Å². The number of anilines is 1. The molecule has 4 heteroatoms. The number of pyridine rings is 1. The Morgan fingerprint density at radius 2 is 2.10 bits per heavy atom. The van der Waals surface area contributed by atoms with Gasteiger partial charge in [-0.1, -0.05) is 38.9 Å². The second-order valence-electron chi connectivity index (χ2n) is 6.58. The molecular formula is C17H27N3S. The molecule has 0 saturated carbocycles. The third-order valence-corrected chi connectivity index (χ3v) is 4.34. The average Bonchev–Trinajstić information content (AvgIpc) is 2.84. The lowest BCUT2D eigenvalue weighted by atomic mass is 10.0. The maximum absolute atomic E-state index is 5.88. The minimum atomic E-state index is 0.392. The summed E-state index contributed by atoms with van der Waals surface area (Å²) in [7, 11) is 0. The highest BCUT2D eigenvalue weighted by atomic mass is 32.1. The topological polar surface area (TPSA) is 50.9 Å². The molecule has 21 heavy (non-hydrogen) atoms. The summed E-state index contributed by atoms with van der Waals surface area (Å²) in [6.45, 7) is 6.74. The standard InChI is InChI=1S/C17H27N3S/c1-11(2)6-4-7-12(3)19-17-14(16(18)21)10-13-8-5-9-15(13)20-17/h10-12H,4-9H2,1-3H3,(H2,18,21)(H,19,20). The van der Waals surface area contributed by atoms with E-state index >= 15 is 0 Å². The van der Waals surface area contributed by atoms with Gasteiger partial charge in [0.2, 0.25) is 0 Å². The first-order valence-corrected chi connectivity index (χ1v) is 8.47. The normalized spacial score (nSPS) is 15.0. The Labute approximate surface area is 133 Å². The van der Waals surface area contributed by atoms with Crippen LogP contribution in [0.15, 0.2) is 6.07 Å². The number of aromatic nitrogens is 1. The van der Waals surface area contributed by atoms with Crippen LogP contribution in [0.3, 0.4) is 0 Å². The first-order valence-electron chi connectivity index (χ1n) is 8.06. The Balaban J connectivity index is 2.06. The molecule has 1 unspecified atom stereocenters. The Morgan fingerprint density at radius 3 is 2.76 bits per heavy atom. The quantitative estimate of drug-likeness (QED) is 0.752. The van der Waals surface area contributed by atoms with Crippen molar-refractivity contribution in [2.75, 3.05) is 5.32 Å². The molecule has 0 saturated heterocycles. The minimum Gasteiger partial charge on any atom is -0.389 e. The first-order chi connectivity index (χ1) is 9.97. The predicted octanol–water partition coefficient (Wildman–Crippen LogP) is 3.83. The van der Waals surface area contributed by atoms with E-state index in [1.165, 1.54) is 30.5 Å². The highest BCUT2D eigenvalue weighted by molar-refractivity contribution is 7.80. The molecule has 0 aromatic carbocycles. The molecule has 1 aliphatic rings. The van der Waals surface area contributed by atoms with E-state index in [2.05, 4.69) is 32.2 Å². The fraction of sp³-hybridized carbons (Fsp3) is 0.647. The van der Waals surface area contributed by atoms with Gasteiger partial charge in [0.25, 0.3) is 0 Å². The second-order valence-corrected chi connectivity index (χ2v) is 7.02. The monoisotopic (exact) mass is 305 g/mol. The van der Waals surface area contributed by atoms with Crippen molar-refractivity contribution in [2.45, 2.75) is 65.3 Å². The summed E-state index contributed by atoms with van der Waals surface area (Å²) < 4.78 is 0. The third-order valence-electron chi connectivity index (χ3n) is 4.12. The van der Waals surface area contributed by atoms with E-state index < -0.39 is 0 Å². The van der Waals surface area contributed by atoms with Crippen LogP contribution >= 0.6 is 12.2 Å². The maximum atomic E-state index is 5.88. The molecular weight excluding hydrogens is 278 g/mol. The second kappa shape index (κ2) is 7.21. The zero-order valence-electron chi connectivity index (χ0n) is 13.4. The van der Waals surface area contributed by atoms with Gasteiger partial charge >= 0.3 is 0 Å². The van der Waals surface area contributed by atoms with Gasteiger partial charge in [-0.2, -0.15) is 0 Å². The highest BCUT2D eigenvalue weighted by Gasteiger charge is 2.18. The van der Waals surface area contributed by atoms with Gasteiger partial charge in [-0.3, -0.25) is 0 Å². The number of fused-ring (bicyclic) bond motifs is 1. The summed E-state index contributed by atoms with van der Waals surface area (Å²) in [6.07, 6.45) is 7.01. The van der Waals surface area contributed by atoms with Crippen molar-refractivity contribution >= 4 is 23.0 Å². The van der Waals surface area contributed by atoms with Crippen molar-refractivity contribution in [3.8, 4) is 0 Å². The molecule has 1 heterocycles. The van der Waals surface area contributed by atoms with E-state index in [-0.39, 0.29) is 0 Å². The Bertz CT molecular complexity index is 511. The fourth-order valence-corrected chi connectivity index (χ4v) is 3.06. The van der Waals surface area contributed by atoms with Crippen LogP contribution in [-0.4, -0.2) is 16.0 Å². The number of aryl methyl sites for hydroxylation is 2. The first kappa shape index (κ1) is 16.2. The number of nitrogens with two attached hydrogens (primary N) is 1. The summed E-state index contributed by atoms with van der Waals surface area (Å²) in [5.41, 5.74) is 9.31. The van der Waals surface area contributed by atoms with Crippen LogP contribution in [0.4, 0.5) is 5.82 Å². The number of thiocarbonyl (C=S) groups is 1. The van der Waals surface area contributed by atoms with E-state index in [9.17, 15) is 0 Å². The lowest BCUT2D eigenvalue weighted by molar-refractivity contribution is 0.520. The Hall–Kier alpha value is -1.16. The predicted molar refractivity (Wildman–Crippen MR) is 93.9 cm³/mol. The molecule has 2 rings (SSSR count). The molecule has 1 aliphatic carbocycles. The molecule has 0 aliphatic heterocycles. The van der Waals surface area contributed by atoms with Crippen molar-refractivity contribution in [1.29, 1.82) is 0 Å². The van der Waals surface area contributed by atoms with Crippen molar-refractivity contribution in [3.05, 3.63) is 22.9 Å². The molecule has 0 amide bonds.